The normalized spacial score (nSPS) is 20.2. The van der Waals surface area contributed by atoms with Crippen molar-refractivity contribution in [2.24, 2.45) is 7.05 Å². The third-order valence-corrected chi connectivity index (χ3v) is 4.26. The van der Waals surface area contributed by atoms with Crippen molar-refractivity contribution in [3.8, 4) is 17.1 Å². The van der Waals surface area contributed by atoms with E-state index in [2.05, 4.69) is 20.5 Å². The van der Waals surface area contributed by atoms with Crippen molar-refractivity contribution in [1.29, 1.82) is 0 Å². The highest BCUT2D eigenvalue weighted by molar-refractivity contribution is 5.63. The fourth-order valence-electron chi connectivity index (χ4n) is 2.92. The molecule has 1 N–H and O–H groups in total. The number of nitrogens with zero attached hydrogens (tertiary/aromatic N) is 5. The van der Waals surface area contributed by atoms with Crippen molar-refractivity contribution < 1.29 is 9.13 Å². The molecule has 1 aliphatic rings. The molecule has 7 nitrogen and oxygen atoms in total. The second-order valence-corrected chi connectivity index (χ2v) is 6.05. The first-order valence-corrected chi connectivity index (χ1v) is 8.02. The Labute approximate surface area is 138 Å². The van der Waals surface area contributed by atoms with Crippen molar-refractivity contribution in [2.45, 2.75) is 25.0 Å². The first kappa shape index (κ1) is 15.1. The molecule has 8 heteroatoms. The highest BCUT2D eigenvalue weighted by Crippen LogP contribution is 2.29. The van der Waals surface area contributed by atoms with Crippen LogP contribution in [0, 0.1) is 0 Å². The Balaban J connectivity index is 1.55. The van der Waals surface area contributed by atoms with Crippen molar-refractivity contribution in [1.82, 2.24) is 29.7 Å². The summed E-state index contributed by atoms with van der Waals surface area (Å²) >= 11 is 0. The number of aromatic nitrogens is 5. The van der Waals surface area contributed by atoms with Gasteiger partial charge in [0.15, 0.2) is 0 Å². The van der Waals surface area contributed by atoms with Gasteiger partial charge in [-0.25, -0.2) is 13.9 Å². The zero-order valence-corrected chi connectivity index (χ0v) is 13.4. The molecule has 3 heterocycles. The van der Waals surface area contributed by atoms with Crippen molar-refractivity contribution in [3.05, 3.63) is 30.9 Å². The number of halogens is 1. The van der Waals surface area contributed by atoms with Crippen molar-refractivity contribution >= 4 is 5.52 Å². The molecule has 126 valence electrons. The molecule has 0 unspecified atom stereocenters. The standard InChI is InChI=1S/C16H19FN6O/c1-22-9-11(8-20-22)14-10-23-15(2-4-19-23)16(21-14)24-13-6-12(7-13)18-5-3-17/h2,4,8-10,12-13,18H,3,5-7H2,1H3. The zero-order chi connectivity index (χ0) is 16.5. The molecular weight excluding hydrogens is 311 g/mol. The molecule has 24 heavy (non-hydrogen) atoms. The number of fused-ring (bicyclic) bond motifs is 1. The number of nitrogens with one attached hydrogen (secondary N) is 1. The fourth-order valence-corrected chi connectivity index (χ4v) is 2.92. The number of rotatable bonds is 6. The summed E-state index contributed by atoms with van der Waals surface area (Å²) in [6.07, 6.45) is 9.08. The fraction of sp³-hybridized carbons (Fsp3) is 0.438. The van der Waals surface area contributed by atoms with E-state index in [9.17, 15) is 4.39 Å². The number of alkyl halides is 1. The predicted octanol–water partition coefficient (Wildman–Crippen LogP) is 1.60. The predicted molar refractivity (Wildman–Crippen MR) is 86.6 cm³/mol. The van der Waals surface area contributed by atoms with Gasteiger partial charge >= 0.3 is 0 Å². The maximum Gasteiger partial charge on any atom is 0.240 e. The van der Waals surface area contributed by atoms with Crippen LogP contribution in [0.1, 0.15) is 12.8 Å². The number of hydrogen-bond donors (Lipinski definition) is 1. The third-order valence-electron chi connectivity index (χ3n) is 4.26. The average molecular weight is 330 g/mol. The second kappa shape index (κ2) is 6.20. The quantitative estimate of drug-likeness (QED) is 0.743. The monoisotopic (exact) mass is 330 g/mol. The lowest BCUT2D eigenvalue weighted by molar-refractivity contribution is 0.0812. The highest BCUT2D eigenvalue weighted by Gasteiger charge is 2.31. The Bertz CT molecular complexity index is 838. The van der Waals surface area contributed by atoms with Crippen LogP contribution >= 0.6 is 0 Å². The number of aryl methyl sites for hydroxylation is 1. The Morgan fingerprint density at radius 1 is 1.33 bits per heavy atom. The van der Waals surface area contributed by atoms with Gasteiger partial charge in [0.25, 0.3) is 0 Å². The lowest BCUT2D eigenvalue weighted by Crippen LogP contribution is -2.47. The summed E-state index contributed by atoms with van der Waals surface area (Å²) in [5.74, 6) is 0.572. The van der Waals surface area contributed by atoms with E-state index in [0.717, 1.165) is 29.6 Å². The average Bonchev–Trinajstić information content (AvgIpc) is 3.17. The molecule has 3 aromatic rings. The summed E-state index contributed by atoms with van der Waals surface area (Å²) in [6, 6.07) is 2.21. The summed E-state index contributed by atoms with van der Waals surface area (Å²) in [6.45, 7) is 0.0617. The van der Waals surface area contributed by atoms with Gasteiger partial charge in [0.05, 0.1) is 24.3 Å². The molecule has 0 bridgehead atoms. The van der Waals surface area contributed by atoms with Gasteiger partial charge in [-0.3, -0.25) is 4.68 Å². The van der Waals surface area contributed by atoms with Gasteiger partial charge in [-0.15, -0.1) is 0 Å². The molecular formula is C16H19FN6O. The second-order valence-electron chi connectivity index (χ2n) is 6.05. The van der Waals surface area contributed by atoms with E-state index >= 15 is 0 Å². The van der Waals surface area contributed by atoms with E-state index in [-0.39, 0.29) is 12.8 Å². The third kappa shape index (κ3) is 2.84. The Hall–Kier alpha value is -2.48. The van der Waals surface area contributed by atoms with Crippen LogP contribution in [-0.2, 0) is 7.05 Å². The Kier molecular flexibility index (Phi) is 3.89. The van der Waals surface area contributed by atoms with Crippen LogP contribution in [0.3, 0.4) is 0 Å². The van der Waals surface area contributed by atoms with Gasteiger partial charge in [0.1, 0.15) is 18.3 Å². The van der Waals surface area contributed by atoms with Gasteiger partial charge in [-0.05, 0) is 18.9 Å². The van der Waals surface area contributed by atoms with Crippen LogP contribution < -0.4 is 10.1 Å². The van der Waals surface area contributed by atoms with Crippen LogP contribution in [0.2, 0.25) is 0 Å². The molecule has 0 aromatic carbocycles. The van der Waals surface area contributed by atoms with E-state index in [0.29, 0.717) is 18.5 Å². The Morgan fingerprint density at radius 3 is 2.96 bits per heavy atom. The minimum Gasteiger partial charge on any atom is -0.473 e. The van der Waals surface area contributed by atoms with Crippen LogP contribution in [-0.4, -0.2) is 49.7 Å². The minimum absolute atomic E-state index is 0.0949. The maximum absolute atomic E-state index is 12.2. The molecule has 1 saturated carbocycles. The molecule has 4 rings (SSSR count). The van der Waals surface area contributed by atoms with Gasteiger partial charge in [-0.2, -0.15) is 10.2 Å². The molecule has 0 spiro atoms. The lowest BCUT2D eigenvalue weighted by Gasteiger charge is -2.35. The van der Waals surface area contributed by atoms with E-state index in [1.807, 2.05) is 25.5 Å². The lowest BCUT2D eigenvalue weighted by atomic mass is 9.89. The van der Waals surface area contributed by atoms with Crippen molar-refractivity contribution in [2.75, 3.05) is 13.2 Å². The zero-order valence-electron chi connectivity index (χ0n) is 13.4. The summed E-state index contributed by atoms with van der Waals surface area (Å²) in [7, 11) is 1.87. The first-order valence-electron chi connectivity index (χ1n) is 8.02. The van der Waals surface area contributed by atoms with Crippen LogP contribution in [0.15, 0.2) is 30.9 Å². The molecule has 3 aromatic heterocycles. The summed E-state index contributed by atoms with van der Waals surface area (Å²) in [5.41, 5.74) is 2.51. The van der Waals surface area contributed by atoms with E-state index < -0.39 is 0 Å². The molecule has 1 aliphatic carbocycles. The smallest absolute Gasteiger partial charge is 0.240 e. The Morgan fingerprint density at radius 2 is 2.21 bits per heavy atom. The molecule has 0 radical (unpaired) electrons. The van der Waals surface area contributed by atoms with Gasteiger partial charge < -0.3 is 10.1 Å². The molecule has 0 amide bonds. The van der Waals surface area contributed by atoms with E-state index in [1.54, 1.807) is 21.6 Å². The number of hydrogen-bond acceptors (Lipinski definition) is 5. The molecule has 0 aliphatic heterocycles. The highest BCUT2D eigenvalue weighted by atomic mass is 19.1. The van der Waals surface area contributed by atoms with E-state index in [4.69, 9.17) is 4.74 Å². The number of ether oxygens (including phenoxy) is 1. The van der Waals surface area contributed by atoms with Gasteiger partial charge in [0, 0.05) is 31.4 Å². The van der Waals surface area contributed by atoms with Gasteiger partial charge in [-0.1, -0.05) is 0 Å². The summed E-state index contributed by atoms with van der Waals surface area (Å²) < 4.78 is 21.8. The largest absolute Gasteiger partial charge is 0.473 e. The van der Waals surface area contributed by atoms with E-state index in [1.165, 1.54) is 0 Å². The maximum atomic E-state index is 12.2. The van der Waals surface area contributed by atoms with Crippen molar-refractivity contribution in [3.63, 3.8) is 0 Å². The molecule has 0 saturated heterocycles. The summed E-state index contributed by atoms with van der Waals surface area (Å²) in [5, 5.41) is 11.6. The van der Waals surface area contributed by atoms with Crippen LogP contribution in [0.25, 0.3) is 16.8 Å². The minimum atomic E-state index is -0.340. The van der Waals surface area contributed by atoms with Crippen LogP contribution in [0.5, 0.6) is 5.88 Å². The molecule has 1 fully saturated rings. The topological polar surface area (TPSA) is 69.3 Å². The first-order chi connectivity index (χ1) is 11.7. The molecule has 0 atom stereocenters. The summed E-state index contributed by atoms with van der Waals surface area (Å²) in [4.78, 5) is 4.65. The SMILES string of the molecule is Cn1cc(-c2cn3nccc3c(OC3CC(NCCF)C3)n2)cn1. The van der Waals surface area contributed by atoms with Gasteiger partial charge in [0.2, 0.25) is 5.88 Å². The van der Waals surface area contributed by atoms with Crippen LogP contribution in [0.4, 0.5) is 4.39 Å².